The van der Waals surface area contributed by atoms with Crippen LogP contribution in [0.3, 0.4) is 0 Å². The maximum Gasteiger partial charge on any atom is 0.369 e. The lowest BCUT2D eigenvalue weighted by Gasteiger charge is -1.97. The van der Waals surface area contributed by atoms with E-state index in [1.807, 2.05) is 0 Å². The van der Waals surface area contributed by atoms with Crippen LogP contribution in [0.2, 0.25) is 0 Å². The molecule has 0 atom stereocenters. The van der Waals surface area contributed by atoms with Crippen molar-refractivity contribution in [1.82, 2.24) is 0 Å². The highest BCUT2D eigenvalue weighted by Gasteiger charge is 2.16. The number of hydrogen-bond acceptors (Lipinski definition) is 5. The first kappa shape index (κ1) is 11.1. The minimum atomic E-state index is -1.50. The molecule has 0 fully saturated rings. The van der Waals surface area contributed by atoms with Gasteiger partial charge in [-0.05, 0) is 0 Å². The van der Waals surface area contributed by atoms with Crippen molar-refractivity contribution in [2.75, 3.05) is 0 Å². The summed E-state index contributed by atoms with van der Waals surface area (Å²) in [5.41, 5.74) is -0.650. The second-order valence-electron chi connectivity index (χ2n) is 1.96. The summed E-state index contributed by atoms with van der Waals surface area (Å²) in [5, 5.41) is 24.3. The van der Waals surface area contributed by atoms with E-state index in [2.05, 4.69) is 4.89 Å². The molecule has 0 aromatic carbocycles. The zero-order chi connectivity index (χ0) is 10.4. The lowest BCUT2D eigenvalue weighted by Crippen LogP contribution is -2.11. The number of carboxylic acids is 2. The van der Waals surface area contributed by atoms with E-state index >= 15 is 0 Å². The van der Waals surface area contributed by atoms with Crippen molar-refractivity contribution in [3.05, 3.63) is 11.6 Å². The van der Waals surface area contributed by atoms with Gasteiger partial charge in [0.1, 0.15) is 0 Å². The first-order valence-electron chi connectivity index (χ1n) is 2.98. The van der Waals surface area contributed by atoms with Crippen molar-refractivity contribution < 1.29 is 34.7 Å². The van der Waals surface area contributed by atoms with Gasteiger partial charge in [0.2, 0.25) is 0 Å². The summed E-state index contributed by atoms with van der Waals surface area (Å²) in [6.07, 6.45) is -0.474. The highest BCUT2D eigenvalue weighted by Crippen LogP contribution is 2.03. The Kier molecular flexibility index (Phi) is 4.17. The molecular weight excluding hydrogens is 184 g/mol. The van der Waals surface area contributed by atoms with Crippen LogP contribution in [-0.4, -0.2) is 33.4 Å². The van der Waals surface area contributed by atoms with E-state index in [0.29, 0.717) is 6.08 Å². The average molecular weight is 190 g/mol. The molecule has 13 heavy (non-hydrogen) atoms. The van der Waals surface area contributed by atoms with E-state index in [9.17, 15) is 14.4 Å². The van der Waals surface area contributed by atoms with Gasteiger partial charge >= 0.3 is 17.9 Å². The monoisotopic (exact) mass is 190 g/mol. The second kappa shape index (κ2) is 4.88. The van der Waals surface area contributed by atoms with Gasteiger partial charge in [-0.3, -0.25) is 9.68 Å². The van der Waals surface area contributed by atoms with Crippen molar-refractivity contribution in [2.45, 2.75) is 6.42 Å². The van der Waals surface area contributed by atoms with E-state index in [1.165, 1.54) is 0 Å². The smallest absolute Gasteiger partial charge is 0.369 e. The molecule has 0 aromatic rings. The van der Waals surface area contributed by atoms with Crippen LogP contribution in [0.4, 0.5) is 0 Å². The molecule has 7 heteroatoms. The molecule has 72 valence electrons. The van der Waals surface area contributed by atoms with Crippen LogP contribution in [0.1, 0.15) is 6.42 Å². The maximum atomic E-state index is 10.5. The Morgan fingerprint density at radius 3 is 2.08 bits per heavy atom. The van der Waals surface area contributed by atoms with Crippen LogP contribution in [-0.2, 0) is 19.3 Å². The summed E-state index contributed by atoms with van der Waals surface area (Å²) in [5.74, 6) is -4.30. The first-order chi connectivity index (χ1) is 5.97. The third-order valence-corrected chi connectivity index (χ3v) is 0.984. The molecule has 0 rings (SSSR count). The molecular formula is C6H6O7. The third-order valence-electron chi connectivity index (χ3n) is 0.984. The SMILES string of the molecule is O=C(O)/C=C(\CC(=O)O)C(=O)OO. The number of carbonyl (C=O) groups is 3. The number of carboxylic acid groups (broad SMARTS) is 2. The van der Waals surface area contributed by atoms with Gasteiger partial charge in [-0.25, -0.2) is 9.59 Å². The molecule has 0 saturated carbocycles. The summed E-state index contributed by atoms with van der Waals surface area (Å²) in [7, 11) is 0. The van der Waals surface area contributed by atoms with E-state index in [0.717, 1.165) is 0 Å². The van der Waals surface area contributed by atoms with Crippen molar-refractivity contribution in [3.8, 4) is 0 Å². The molecule has 0 aromatic heterocycles. The molecule has 3 N–H and O–H groups in total. The average Bonchev–Trinajstić information content (AvgIpc) is 2.00. The summed E-state index contributed by atoms with van der Waals surface area (Å²) in [6, 6.07) is 0. The van der Waals surface area contributed by atoms with Gasteiger partial charge in [0.25, 0.3) is 0 Å². The van der Waals surface area contributed by atoms with Crippen LogP contribution in [0.15, 0.2) is 11.6 Å². The van der Waals surface area contributed by atoms with Gasteiger partial charge in [-0.1, -0.05) is 0 Å². The predicted octanol–water partition coefficient (Wildman–Crippen LogP) is -0.512. The largest absolute Gasteiger partial charge is 0.481 e. The minimum Gasteiger partial charge on any atom is -0.481 e. The molecule has 0 aliphatic heterocycles. The highest BCUT2D eigenvalue weighted by molar-refractivity contribution is 5.98. The Balaban J connectivity index is 4.65. The Labute approximate surface area is 71.8 Å². The van der Waals surface area contributed by atoms with Crippen molar-refractivity contribution in [3.63, 3.8) is 0 Å². The quantitative estimate of drug-likeness (QED) is 0.310. The summed E-state index contributed by atoms with van der Waals surface area (Å²) >= 11 is 0. The van der Waals surface area contributed by atoms with Crippen LogP contribution in [0, 0.1) is 0 Å². The van der Waals surface area contributed by atoms with Gasteiger partial charge in [0.15, 0.2) is 0 Å². The second-order valence-corrected chi connectivity index (χ2v) is 1.96. The topological polar surface area (TPSA) is 121 Å². The van der Waals surface area contributed by atoms with E-state index in [1.54, 1.807) is 0 Å². The molecule has 0 radical (unpaired) electrons. The van der Waals surface area contributed by atoms with Crippen LogP contribution < -0.4 is 0 Å². The highest BCUT2D eigenvalue weighted by atomic mass is 17.1. The number of hydrogen-bond donors (Lipinski definition) is 3. The van der Waals surface area contributed by atoms with Crippen molar-refractivity contribution in [1.29, 1.82) is 0 Å². The fraction of sp³-hybridized carbons (Fsp3) is 0.167. The Morgan fingerprint density at radius 1 is 1.23 bits per heavy atom. The van der Waals surface area contributed by atoms with Gasteiger partial charge < -0.3 is 10.2 Å². The fourth-order valence-corrected chi connectivity index (χ4v) is 0.553. The minimum absolute atomic E-state index is 0.354. The normalized spacial score (nSPS) is 10.7. The van der Waals surface area contributed by atoms with Gasteiger partial charge in [0.05, 0.1) is 12.0 Å². The molecule has 0 bridgehead atoms. The Morgan fingerprint density at radius 2 is 1.77 bits per heavy atom. The fourth-order valence-electron chi connectivity index (χ4n) is 0.553. The van der Waals surface area contributed by atoms with Crippen LogP contribution >= 0.6 is 0 Å². The molecule has 0 spiro atoms. The van der Waals surface area contributed by atoms with Crippen LogP contribution in [0.25, 0.3) is 0 Å². The molecule has 7 nitrogen and oxygen atoms in total. The lowest BCUT2D eigenvalue weighted by atomic mass is 10.2. The Hall–Kier alpha value is -1.89. The molecule has 0 amide bonds. The lowest BCUT2D eigenvalue weighted by molar-refractivity contribution is -0.229. The molecule has 0 aliphatic rings. The molecule has 0 saturated heterocycles. The zero-order valence-corrected chi connectivity index (χ0v) is 6.26. The van der Waals surface area contributed by atoms with E-state index in [-0.39, 0.29) is 0 Å². The summed E-state index contributed by atoms with van der Waals surface area (Å²) in [6.45, 7) is 0. The summed E-state index contributed by atoms with van der Waals surface area (Å²) < 4.78 is 0. The third kappa shape index (κ3) is 4.53. The molecule has 0 heterocycles. The van der Waals surface area contributed by atoms with Gasteiger partial charge in [-0.2, -0.15) is 5.26 Å². The number of carbonyl (C=O) groups excluding carboxylic acids is 1. The first-order valence-corrected chi connectivity index (χ1v) is 2.98. The molecule has 0 unspecified atom stereocenters. The Bertz CT molecular complexity index is 264. The van der Waals surface area contributed by atoms with E-state index in [4.69, 9.17) is 15.5 Å². The number of rotatable bonds is 4. The zero-order valence-electron chi connectivity index (χ0n) is 6.26. The van der Waals surface area contributed by atoms with Crippen molar-refractivity contribution >= 4 is 17.9 Å². The van der Waals surface area contributed by atoms with Gasteiger partial charge in [-0.15, -0.1) is 0 Å². The summed E-state index contributed by atoms with van der Waals surface area (Å²) in [4.78, 5) is 33.8. The predicted molar refractivity (Wildman–Crippen MR) is 36.7 cm³/mol. The van der Waals surface area contributed by atoms with Crippen molar-refractivity contribution in [2.24, 2.45) is 0 Å². The number of aliphatic carboxylic acids is 2. The molecule has 0 aliphatic carbocycles. The standard InChI is InChI=1S/C6H6O7/c7-4(8)1-3(2-5(9)10)6(11)13-12/h1,12H,2H2,(H,7,8)(H,9,10)/b3-1+. The maximum absolute atomic E-state index is 10.5. The van der Waals surface area contributed by atoms with E-state index < -0.39 is 29.9 Å². The van der Waals surface area contributed by atoms with Gasteiger partial charge in [0, 0.05) is 6.08 Å². The van der Waals surface area contributed by atoms with Crippen LogP contribution in [0.5, 0.6) is 0 Å².